The van der Waals surface area contributed by atoms with Crippen LogP contribution in [0, 0.1) is 0 Å². The summed E-state index contributed by atoms with van der Waals surface area (Å²) >= 11 is 4.73. The first-order valence-corrected chi connectivity index (χ1v) is 9.98. The number of benzene rings is 1. The number of ketones is 1. The van der Waals surface area contributed by atoms with Crippen LogP contribution in [0.3, 0.4) is 0 Å². The average Bonchev–Trinajstić information content (AvgIpc) is 2.34. The number of hydrogen-bond acceptors (Lipinski definition) is 2. The van der Waals surface area contributed by atoms with Crippen molar-refractivity contribution in [2.24, 2.45) is 0 Å². The summed E-state index contributed by atoms with van der Waals surface area (Å²) in [7, 11) is -1.86. The van der Waals surface area contributed by atoms with Gasteiger partial charge in [-0.1, -0.05) is 45.0 Å². The van der Waals surface area contributed by atoms with Gasteiger partial charge in [0.25, 0.3) is 0 Å². The topological polar surface area (TPSA) is 26.3 Å². The third kappa shape index (κ3) is 4.87. The molecule has 1 aromatic rings. The van der Waals surface area contributed by atoms with Gasteiger partial charge in [0.2, 0.25) is 5.78 Å². The molecule has 1 rings (SSSR count). The second-order valence-corrected chi connectivity index (χ2v) is 11.9. The van der Waals surface area contributed by atoms with E-state index in [-0.39, 0.29) is 10.6 Å². The Morgan fingerprint density at radius 3 is 2.05 bits per heavy atom. The van der Waals surface area contributed by atoms with E-state index in [1.54, 1.807) is 12.1 Å². The number of halogens is 3. The van der Waals surface area contributed by atoms with Gasteiger partial charge in [0, 0.05) is 5.56 Å². The first-order chi connectivity index (χ1) is 9.34. The lowest BCUT2D eigenvalue weighted by Gasteiger charge is -2.36. The van der Waals surface area contributed by atoms with Gasteiger partial charge in [0.05, 0.1) is 6.61 Å². The van der Waals surface area contributed by atoms with E-state index in [9.17, 15) is 13.6 Å². The van der Waals surface area contributed by atoms with Crippen LogP contribution in [0.15, 0.2) is 24.3 Å². The molecule has 0 atom stereocenters. The van der Waals surface area contributed by atoms with E-state index in [4.69, 9.17) is 16.0 Å². The standard InChI is InChI=1S/C15H21ClF2O2Si/c1-14(2,3)21(4,5)20-10-11-6-8-12(9-7-11)13(19)15(16,17)18/h6-9H,10H2,1-5H3. The molecule has 21 heavy (non-hydrogen) atoms. The second kappa shape index (κ2) is 6.14. The summed E-state index contributed by atoms with van der Waals surface area (Å²) in [5, 5.41) is -3.76. The molecule has 0 amide bonds. The highest BCUT2D eigenvalue weighted by Crippen LogP contribution is 2.37. The van der Waals surface area contributed by atoms with Crippen LogP contribution in [0.5, 0.6) is 0 Å². The summed E-state index contributed by atoms with van der Waals surface area (Å²) in [5.74, 6) is -1.39. The number of carbonyl (C=O) groups is 1. The van der Waals surface area contributed by atoms with E-state index < -0.39 is 19.5 Å². The van der Waals surface area contributed by atoms with Crippen molar-refractivity contribution in [3.8, 4) is 0 Å². The highest BCUT2D eigenvalue weighted by Gasteiger charge is 2.37. The molecule has 0 spiro atoms. The molecule has 118 valence electrons. The van der Waals surface area contributed by atoms with Crippen LogP contribution in [-0.4, -0.2) is 19.5 Å². The summed E-state index contributed by atoms with van der Waals surface area (Å²) in [6, 6.07) is 5.93. The van der Waals surface area contributed by atoms with Gasteiger partial charge in [-0.2, -0.15) is 8.78 Å². The Kier molecular flexibility index (Phi) is 5.34. The van der Waals surface area contributed by atoms with E-state index >= 15 is 0 Å². The summed E-state index contributed by atoms with van der Waals surface area (Å²) in [5.41, 5.74) is 0.736. The van der Waals surface area contributed by atoms with Crippen LogP contribution in [0.1, 0.15) is 36.7 Å². The highest BCUT2D eigenvalue weighted by atomic mass is 35.5. The fourth-order valence-corrected chi connectivity index (χ4v) is 2.47. The Balaban J connectivity index is 2.75. The van der Waals surface area contributed by atoms with E-state index in [0.717, 1.165) is 5.56 Å². The number of rotatable bonds is 5. The number of hydrogen-bond donors (Lipinski definition) is 0. The van der Waals surface area contributed by atoms with Crippen molar-refractivity contribution in [1.82, 2.24) is 0 Å². The summed E-state index contributed by atoms with van der Waals surface area (Å²) < 4.78 is 31.5. The Morgan fingerprint density at radius 1 is 1.19 bits per heavy atom. The van der Waals surface area contributed by atoms with Crippen molar-refractivity contribution in [2.75, 3.05) is 0 Å². The average molecular weight is 335 g/mol. The van der Waals surface area contributed by atoms with Crippen molar-refractivity contribution < 1.29 is 18.0 Å². The molecule has 0 unspecified atom stereocenters. The fraction of sp³-hybridized carbons (Fsp3) is 0.533. The van der Waals surface area contributed by atoms with Gasteiger partial charge in [-0.3, -0.25) is 4.79 Å². The van der Waals surface area contributed by atoms with Crippen LogP contribution in [0.2, 0.25) is 18.1 Å². The van der Waals surface area contributed by atoms with Crippen LogP contribution in [0.25, 0.3) is 0 Å². The van der Waals surface area contributed by atoms with Crippen molar-refractivity contribution >= 4 is 25.7 Å². The quantitative estimate of drug-likeness (QED) is 0.419. The van der Waals surface area contributed by atoms with E-state index in [1.807, 2.05) is 0 Å². The van der Waals surface area contributed by atoms with E-state index in [1.165, 1.54) is 12.1 Å². The number of carbonyl (C=O) groups excluding carboxylic acids is 1. The molecule has 1 aromatic carbocycles. The molecule has 0 aliphatic carbocycles. The Morgan fingerprint density at radius 2 is 1.67 bits per heavy atom. The van der Waals surface area contributed by atoms with Gasteiger partial charge >= 0.3 is 5.38 Å². The predicted octanol–water partition coefficient (Wildman–Crippen LogP) is 5.22. The fourth-order valence-electron chi connectivity index (χ4n) is 1.40. The van der Waals surface area contributed by atoms with Gasteiger partial charge in [0.1, 0.15) is 0 Å². The molecule has 0 aliphatic rings. The number of Topliss-reactive ketones (excluding diaryl/α,β-unsaturated/α-hetero) is 1. The third-order valence-corrected chi connectivity index (χ3v) is 8.53. The van der Waals surface area contributed by atoms with Gasteiger partial charge in [-0.05, 0) is 35.3 Å². The highest BCUT2D eigenvalue weighted by molar-refractivity contribution is 6.74. The molecule has 0 aromatic heterocycles. The van der Waals surface area contributed by atoms with Crippen molar-refractivity contribution in [2.45, 2.75) is 50.9 Å². The minimum atomic E-state index is -3.86. The maximum Gasteiger partial charge on any atom is 0.384 e. The molecule has 0 heterocycles. The maximum atomic E-state index is 12.7. The lowest BCUT2D eigenvalue weighted by atomic mass is 10.1. The van der Waals surface area contributed by atoms with Crippen molar-refractivity contribution in [1.29, 1.82) is 0 Å². The largest absolute Gasteiger partial charge is 0.413 e. The minimum Gasteiger partial charge on any atom is -0.413 e. The predicted molar refractivity (Wildman–Crippen MR) is 83.6 cm³/mol. The smallest absolute Gasteiger partial charge is 0.384 e. The summed E-state index contributed by atoms with van der Waals surface area (Å²) in [6.07, 6.45) is 0. The van der Waals surface area contributed by atoms with Crippen LogP contribution in [0.4, 0.5) is 8.78 Å². The molecule has 0 bridgehead atoms. The molecular formula is C15H21ClF2O2Si. The molecule has 0 aliphatic heterocycles. The maximum absolute atomic E-state index is 12.7. The molecule has 0 N–H and O–H groups in total. The summed E-state index contributed by atoms with van der Waals surface area (Å²) in [6.45, 7) is 11.1. The Hall–Kier alpha value is -0.783. The lowest BCUT2D eigenvalue weighted by Crippen LogP contribution is -2.40. The molecular weight excluding hydrogens is 314 g/mol. The molecule has 6 heteroatoms. The van der Waals surface area contributed by atoms with Gasteiger partial charge in [0.15, 0.2) is 8.32 Å². The molecule has 0 saturated heterocycles. The van der Waals surface area contributed by atoms with Crippen molar-refractivity contribution in [3.63, 3.8) is 0 Å². The first-order valence-electron chi connectivity index (χ1n) is 6.69. The lowest BCUT2D eigenvalue weighted by molar-refractivity contribution is 0.0536. The van der Waals surface area contributed by atoms with Gasteiger partial charge in [-0.25, -0.2) is 0 Å². The summed E-state index contributed by atoms with van der Waals surface area (Å²) in [4.78, 5) is 11.3. The molecule has 0 radical (unpaired) electrons. The minimum absolute atomic E-state index is 0.101. The van der Waals surface area contributed by atoms with Crippen LogP contribution < -0.4 is 0 Å². The van der Waals surface area contributed by atoms with E-state index in [2.05, 4.69) is 33.9 Å². The van der Waals surface area contributed by atoms with Gasteiger partial charge in [-0.15, -0.1) is 0 Å². The zero-order chi connectivity index (χ0) is 16.5. The molecule has 2 nitrogen and oxygen atoms in total. The van der Waals surface area contributed by atoms with Crippen LogP contribution in [-0.2, 0) is 11.0 Å². The Bertz CT molecular complexity index is 502. The number of alkyl halides is 3. The van der Waals surface area contributed by atoms with Crippen LogP contribution >= 0.6 is 11.6 Å². The second-order valence-electron chi connectivity index (χ2n) is 6.57. The zero-order valence-electron chi connectivity index (χ0n) is 13.0. The van der Waals surface area contributed by atoms with E-state index in [0.29, 0.717) is 6.61 Å². The first kappa shape index (κ1) is 18.3. The molecule has 0 fully saturated rings. The SMILES string of the molecule is CC(C)(C)[Si](C)(C)OCc1ccc(C(=O)C(F)(F)Cl)cc1. The third-order valence-electron chi connectivity index (χ3n) is 3.88. The normalized spacial score (nSPS) is 13.3. The van der Waals surface area contributed by atoms with Gasteiger partial charge < -0.3 is 4.43 Å². The van der Waals surface area contributed by atoms with Crippen molar-refractivity contribution in [3.05, 3.63) is 35.4 Å². The Labute approximate surface area is 130 Å². The molecule has 0 saturated carbocycles. The zero-order valence-corrected chi connectivity index (χ0v) is 14.7. The monoisotopic (exact) mass is 334 g/mol.